The molecule has 2 saturated carbocycles. The number of aromatic nitrogens is 2. The molecule has 378 valence electrons. The predicted octanol–water partition coefficient (Wildman–Crippen LogP) is 10.1. The monoisotopic (exact) mass is 993 g/mol. The number of nitrogens with zero attached hydrogens (tertiary/aromatic N) is 4. The van der Waals surface area contributed by atoms with Crippen molar-refractivity contribution in [2.24, 2.45) is 11.3 Å². The number of carbonyl (C=O) groups is 1. The number of carbonyl (C=O) groups excluding carboxylic acids is 1. The van der Waals surface area contributed by atoms with Crippen LogP contribution in [-0.2, 0) is 10.0 Å². The van der Waals surface area contributed by atoms with Gasteiger partial charge in [-0.05, 0) is 132 Å². The summed E-state index contributed by atoms with van der Waals surface area (Å²) in [5.41, 5.74) is 2.69. The number of halogens is 1. The van der Waals surface area contributed by atoms with Gasteiger partial charge in [0.25, 0.3) is 27.5 Å². The number of aliphatic hydroxyl groups is 1. The molecule has 3 aromatic carbocycles. The molecule has 0 bridgehead atoms. The van der Waals surface area contributed by atoms with Gasteiger partial charge in [-0.3, -0.25) is 19.8 Å². The topological polar surface area (TPSA) is 201 Å². The zero-order valence-electron chi connectivity index (χ0n) is 41.0. The standard InChI is InChI=1S/C53H64FN7O9S/c1-31(2)37-9-6-7-10-38(37)43-11-8-20-60(43)35-27-53(28-35)18-21-59(22-19-53)34-12-13-39(45(23-34)70-47-26-40-41(54)29-55-49(40)57-51(47)69-32(3)4)50(62)58-71(66,67)36-24-44(61(64)65)48-46(25-36)68-30-42(56-48)33-14-16-52(5,63)17-15-33/h6-7,9-10,12-13,23-26,29,31-33,35,42-43,56,63H,8,11,14-22,27-28,30H2,1-5H3,(H,55,57)(H,58,62)/t33?,42-,43-,52?/m1/s1. The number of ether oxygens (including phenoxy) is 3. The molecular formula is C53H64FN7O9S. The third kappa shape index (κ3) is 9.74. The van der Waals surface area contributed by atoms with Gasteiger partial charge in [-0.25, -0.2) is 17.5 Å². The van der Waals surface area contributed by atoms with Gasteiger partial charge in [-0.1, -0.05) is 38.1 Å². The number of fused-ring (bicyclic) bond motifs is 2. The summed E-state index contributed by atoms with van der Waals surface area (Å²) < 4.78 is 63.8. The van der Waals surface area contributed by atoms with Crippen LogP contribution in [0.5, 0.6) is 23.1 Å². The fraction of sp³-hybridized carbons (Fsp3) is 0.509. The largest absolute Gasteiger partial charge is 0.489 e. The van der Waals surface area contributed by atoms with E-state index in [1.165, 1.54) is 42.3 Å². The lowest BCUT2D eigenvalue weighted by Crippen LogP contribution is -2.54. The van der Waals surface area contributed by atoms with E-state index in [0.717, 1.165) is 63.1 Å². The molecule has 1 amide bonds. The predicted molar refractivity (Wildman–Crippen MR) is 268 cm³/mol. The number of hydrogen-bond donors (Lipinski definition) is 4. The van der Waals surface area contributed by atoms with E-state index in [9.17, 15) is 28.4 Å². The fourth-order valence-corrected chi connectivity index (χ4v) is 12.9. The van der Waals surface area contributed by atoms with Gasteiger partial charge in [0.15, 0.2) is 17.2 Å². The molecule has 0 unspecified atom stereocenters. The lowest BCUT2D eigenvalue weighted by molar-refractivity contribution is -0.384. The van der Waals surface area contributed by atoms with Crippen LogP contribution in [0.4, 0.5) is 21.5 Å². The Labute approximate surface area is 413 Å². The van der Waals surface area contributed by atoms with E-state index in [2.05, 4.69) is 67.9 Å². The van der Waals surface area contributed by atoms with Gasteiger partial charge in [-0.15, -0.1) is 0 Å². The number of aromatic amines is 1. The first-order chi connectivity index (χ1) is 33.9. The summed E-state index contributed by atoms with van der Waals surface area (Å²) in [6.45, 7) is 12.7. The molecule has 5 heterocycles. The highest BCUT2D eigenvalue weighted by Gasteiger charge is 2.50. The average molecular weight is 994 g/mol. The van der Waals surface area contributed by atoms with Gasteiger partial charge in [0, 0.05) is 61.3 Å². The Morgan fingerprint density at radius 2 is 1.75 bits per heavy atom. The van der Waals surface area contributed by atoms with Crippen molar-refractivity contribution in [2.75, 3.05) is 36.5 Å². The molecule has 2 atom stereocenters. The van der Waals surface area contributed by atoms with E-state index in [1.54, 1.807) is 32.9 Å². The summed E-state index contributed by atoms with van der Waals surface area (Å²) in [6.07, 6.45) is 9.98. The van der Waals surface area contributed by atoms with E-state index in [0.29, 0.717) is 43.7 Å². The Bertz CT molecular complexity index is 2950. The molecule has 0 radical (unpaired) electrons. The molecule has 1 spiro atoms. The lowest BCUT2D eigenvalue weighted by Gasteiger charge is -2.56. The quantitative estimate of drug-likeness (QED) is 0.0642. The summed E-state index contributed by atoms with van der Waals surface area (Å²) >= 11 is 0. The lowest BCUT2D eigenvalue weighted by atomic mass is 9.59. The summed E-state index contributed by atoms with van der Waals surface area (Å²) in [7, 11) is -4.76. The maximum Gasteiger partial charge on any atom is 0.297 e. The zero-order chi connectivity index (χ0) is 50.0. The van der Waals surface area contributed by atoms with E-state index in [4.69, 9.17) is 14.2 Å². The number of piperidine rings is 1. The molecule has 18 heteroatoms. The van der Waals surface area contributed by atoms with E-state index in [-0.39, 0.29) is 75.5 Å². The first-order valence-corrected chi connectivity index (χ1v) is 26.6. The molecule has 5 aliphatic rings. The molecule has 71 heavy (non-hydrogen) atoms. The van der Waals surface area contributed by atoms with Gasteiger partial charge in [0.2, 0.25) is 0 Å². The van der Waals surface area contributed by atoms with Crippen molar-refractivity contribution >= 4 is 44.0 Å². The molecule has 10 rings (SSSR count). The highest BCUT2D eigenvalue weighted by Crippen LogP contribution is 2.54. The van der Waals surface area contributed by atoms with Crippen molar-refractivity contribution < 1.29 is 41.8 Å². The van der Waals surface area contributed by atoms with Crippen LogP contribution in [0, 0.1) is 27.3 Å². The van der Waals surface area contributed by atoms with E-state index in [1.807, 2.05) is 0 Å². The number of benzene rings is 3. The second-order valence-electron chi connectivity index (χ2n) is 21.4. The van der Waals surface area contributed by atoms with Gasteiger partial charge in [-0.2, -0.15) is 4.98 Å². The average Bonchev–Trinajstić information content (AvgIpc) is 3.96. The van der Waals surface area contributed by atoms with Crippen molar-refractivity contribution in [2.45, 2.75) is 139 Å². The van der Waals surface area contributed by atoms with Gasteiger partial charge in [0.05, 0.1) is 38.5 Å². The SMILES string of the molecule is CC(C)Oc1nc2[nH]cc(F)c2cc1Oc1cc(N2CCC3(CC2)CC(N2CCC[C@@H]2c2ccccc2C(C)C)C3)ccc1C(=O)NS(=O)(=O)c1cc2c(c([N+](=O)[O-])c1)N[C@@H](C1CCC(C)(O)CC1)CO2. The first-order valence-electron chi connectivity index (χ1n) is 25.1. The van der Waals surface area contributed by atoms with Crippen molar-refractivity contribution in [1.29, 1.82) is 0 Å². The summed E-state index contributed by atoms with van der Waals surface area (Å²) in [5.74, 6) is -1.15. The van der Waals surface area contributed by atoms with Crippen LogP contribution in [-0.4, -0.2) is 89.3 Å². The molecule has 3 aliphatic heterocycles. The molecule has 2 aliphatic carbocycles. The number of rotatable bonds is 13. The number of anilines is 2. The van der Waals surface area contributed by atoms with Gasteiger partial charge >= 0.3 is 0 Å². The first kappa shape index (κ1) is 48.6. The van der Waals surface area contributed by atoms with E-state index < -0.39 is 42.9 Å². The minimum atomic E-state index is -4.76. The molecule has 2 aromatic heterocycles. The second kappa shape index (κ2) is 18.9. The number of pyridine rings is 1. The number of H-pyrrole nitrogens is 1. The van der Waals surface area contributed by atoms with Crippen LogP contribution in [0.3, 0.4) is 0 Å². The molecule has 4 N–H and O–H groups in total. The maximum absolute atomic E-state index is 15.0. The molecular weight excluding hydrogens is 930 g/mol. The fourth-order valence-electron chi connectivity index (χ4n) is 11.9. The number of amides is 1. The summed E-state index contributed by atoms with van der Waals surface area (Å²) in [6, 6.07) is 18.0. The minimum absolute atomic E-state index is 0.0000287. The smallest absolute Gasteiger partial charge is 0.297 e. The highest BCUT2D eigenvalue weighted by molar-refractivity contribution is 7.90. The maximum atomic E-state index is 15.0. The third-order valence-corrected chi connectivity index (χ3v) is 17.1. The molecule has 2 saturated heterocycles. The van der Waals surface area contributed by atoms with Crippen molar-refractivity contribution in [3.63, 3.8) is 0 Å². The molecule has 5 aromatic rings. The van der Waals surface area contributed by atoms with Crippen LogP contribution < -0.4 is 29.1 Å². The Morgan fingerprint density at radius 1 is 1.00 bits per heavy atom. The number of sulfonamides is 1. The van der Waals surface area contributed by atoms with Gasteiger partial charge in [0.1, 0.15) is 23.8 Å². The van der Waals surface area contributed by atoms with Crippen LogP contribution in [0.15, 0.2) is 71.8 Å². The minimum Gasteiger partial charge on any atom is -0.489 e. The Hall–Kier alpha value is -5.98. The van der Waals surface area contributed by atoms with E-state index >= 15 is 4.39 Å². The number of nitro benzene ring substituents is 1. The summed E-state index contributed by atoms with van der Waals surface area (Å²) in [5, 5.41) is 26.3. The number of nitro groups is 1. The summed E-state index contributed by atoms with van der Waals surface area (Å²) in [4.78, 5) is 37.8. The Balaban J connectivity index is 0.897. The van der Waals surface area contributed by atoms with Crippen LogP contribution in [0.1, 0.15) is 132 Å². The Morgan fingerprint density at radius 3 is 2.46 bits per heavy atom. The van der Waals surface area contributed by atoms with Crippen LogP contribution in [0.2, 0.25) is 0 Å². The van der Waals surface area contributed by atoms with Crippen molar-refractivity contribution in [3.05, 3.63) is 99.5 Å². The highest BCUT2D eigenvalue weighted by atomic mass is 32.2. The van der Waals surface area contributed by atoms with Crippen LogP contribution >= 0.6 is 0 Å². The molecule has 16 nitrogen and oxygen atoms in total. The number of nitrogens with one attached hydrogen (secondary N) is 3. The number of hydrogen-bond acceptors (Lipinski definition) is 13. The molecule has 4 fully saturated rings. The second-order valence-corrected chi connectivity index (χ2v) is 23.1. The van der Waals surface area contributed by atoms with Crippen LogP contribution in [0.25, 0.3) is 11.0 Å². The van der Waals surface area contributed by atoms with Gasteiger partial charge < -0.3 is 34.5 Å². The number of likely N-dealkylation sites (tertiary alicyclic amines) is 1. The zero-order valence-corrected chi connectivity index (χ0v) is 41.8. The normalized spacial score (nSPS) is 23.6. The Kier molecular flexibility index (Phi) is 12.9. The third-order valence-electron chi connectivity index (χ3n) is 15.8. The van der Waals surface area contributed by atoms with Crippen molar-refractivity contribution in [1.82, 2.24) is 19.6 Å². The van der Waals surface area contributed by atoms with Crippen molar-refractivity contribution in [3.8, 4) is 23.1 Å².